The molecule has 0 saturated heterocycles. The molecule has 0 aromatic heterocycles. The van der Waals surface area contributed by atoms with Crippen molar-refractivity contribution in [2.45, 2.75) is 50.6 Å². The number of hydrogen-bond donors (Lipinski definition) is 9. The molecule has 1 aromatic rings. The van der Waals surface area contributed by atoms with Gasteiger partial charge in [-0.25, -0.2) is 4.79 Å². The van der Waals surface area contributed by atoms with Gasteiger partial charge in [0.25, 0.3) is 0 Å². The smallest absolute Gasteiger partial charge is 0.315 e. The van der Waals surface area contributed by atoms with Gasteiger partial charge in [-0.05, 0) is 37.8 Å². The second-order valence-corrected chi connectivity index (χ2v) is 8.69. The molecule has 0 aliphatic carbocycles. The molecule has 1 rings (SSSR count). The third kappa shape index (κ3) is 11.9. The van der Waals surface area contributed by atoms with E-state index in [0.29, 0.717) is 23.8 Å². The number of benzene rings is 1. The SMILES string of the molecule is CCNC(=O)NC(CCC(=O)O)(Cc1cccc(C(=N)N)c1)C(=O)NCC(=O)NC(C=O)CCCN=C(N)N. The molecule has 4 amide bonds. The first kappa shape index (κ1) is 32.3. The van der Waals surface area contributed by atoms with Gasteiger partial charge in [0.05, 0.1) is 12.6 Å². The topological polar surface area (TPSA) is 268 Å². The lowest BCUT2D eigenvalue weighted by Gasteiger charge is -2.33. The number of guanidine groups is 1. The summed E-state index contributed by atoms with van der Waals surface area (Å²) in [6.45, 7) is 1.62. The highest BCUT2D eigenvalue weighted by Gasteiger charge is 2.40. The summed E-state index contributed by atoms with van der Waals surface area (Å²) in [6.07, 6.45) is 0.287. The third-order valence-electron chi connectivity index (χ3n) is 5.52. The van der Waals surface area contributed by atoms with Gasteiger partial charge in [-0.3, -0.25) is 24.8 Å². The van der Waals surface area contributed by atoms with Crippen LogP contribution in [-0.4, -0.2) is 78.2 Å². The van der Waals surface area contributed by atoms with E-state index in [2.05, 4.69) is 26.3 Å². The number of amidine groups is 1. The van der Waals surface area contributed by atoms with Crippen LogP contribution in [0.15, 0.2) is 29.3 Å². The fourth-order valence-electron chi connectivity index (χ4n) is 3.67. The highest BCUT2D eigenvalue weighted by atomic mass is 16.4. The zero-order valence-corrected chi connectivity index (χ0v) is 21.8. The minimum absolute atomic E-state index is 0.0926. The number of hydrogen-bond acceptors (Lipinski definition) is 7. The number of amides is 4. The fourth-order valence-corrected chi connectivity index (χ4v) is 3.67. The lowest BCUT2D eigenvalue weighted by Crippen LogP contribution is -2.63. The summed E-state index contributed by atoms with van der Waals surface area (Å²) in [7, 11) is 0. The predicted molar refractivity (Wildman–Crippen MR) is 144 cm³/mol. The molecule has 214 valence electrons. The van der Waals surface area contributed by atoms with E-state index in [-0.39, 0.29) is 44.1 Å². The van der Waals surface area contributed by atoms with Crippen LogP contribution in [0, 0.1) is 5.41 Å². The second kappa shape index (κ2) is 16.2. The van der Waals surface area contributed by atoms with Gasteiger partial charge >= 0.3 is 12.0 Å². The van der Waals surface area contributed by atoms with Gasteiger partial charge in [-0.2, -0.15) is 0 Å². The first-order chi connectivity index (χ1) is 18.4. The van der Waals surface area contributed by atoms with E-state index >= 15 is 0 Å². The minimum Gasteiger partial charge on any atom is -0.481 e. The number of carbonyl (C=O) groups is 5. The van der Waals surface area contributed by atoms with Crippen LogP contribution >= 0.6 is 0 Å². The number of aliphatic carboxylic acids is 1. The van der Waals surface area contributed by atoms with Gasteiger partial charge in [0.15, 0.2) is 5.96 Å². The van der Waals surface area contributed by atoms with Crippen LogP contribution < -0.4 is 38.5 Å². The number of nitrogens with zero attached hydrogens (tertiary/aromatic N) is 1. The first-order valence-electron chi connectivity index (χ1n) is 12.2. The van der Waals surface area contributed by atoms with Crippen molar-refractivity contribution >= 4 is 41.9 Å². The lowest BCUT2D eigenvalue weighted by atomic mass is 9.84. The summed E-state index contributed by atoms with van der Waals surface area (Å²) in [5.41, 5.74) is 15.2. The highest BCUT2D eigenvalue weighted by Crippen LogP contribution is 2.22. The number of rotatable bonds is 17. The first-order valence-corrected chi connectivity index (χ1v) is 12.2. The van der Waals surface area contributed by atoms with Gasteiger partial charge in [0.1, 0.15) is 17.7 Å². The summed E-state index contributed by atoms with van der Waals surface area (Å²) in [6, 6.07) is 4.83. The Bertz CT molecular complexity index is 1070. The van der Waals surface area contributed by atoms with Crippen LogP contribution in [0.1, 0.15) is 43.7 Å². The molecule has 0 spiro atoms. The van der Waals surface area contributed by atoms with Crippen molar-refractivity contribution < 1.29 is 29.1 Å². The van der Waals surface area contributed by atoms with Gasteiger partial charge < -0.3 is 48.4 Å². The van der Waals surface area contributed by atoms with E-state index in [1.807, 2.05) is 0 Å². The molecule has 15 nitrogen and oxygen atoms in total. The monoisotopic (exact) mass is 547 g/mol. The average molecular weight is 548 g/mol. The Balaban J connectivity index is 3.12. The normalized spacial score (nSPS) is 12.6. The Hall–Kier alpha value is -4.69. The van der Waals surface area contributed by atoms with Gasteiger partial charge in [-0.1, -0.05) is 18.2 Å². The molecular weight excluding hydrogens is 510 g/mol. The molecule has 0 heterocycles. The van der Waals surface area contributed by atoms with Crippen molar-refractivity contribution in [2.24, 2.45) is 22.2 Å². The quantitative estimate of drug-likeness (QED) is 0.0464. The maximum absolute atomic E-state index is 13.5. The largest absolute Gasteiger partial charge is 0.481 e. The highest BCUT2D eigenvalue weighted by molar-refractivity contribution is 5.96. The number of carbonyl (C=O) groups excluding carboxylic acids is 4. The van der Waals surface area contributed by atoms with E-state index in [1.165, 1.54) is 0 Å². The van der Waals surface area contributed by atoms with Crippen molar-refractivity contribution in [2.75, 3.05) is 19.6 Å². The number of carboxylic acids is 1. The zero-order valence-electron chi connectivity index (χ0n) is 21.8. The Kier molecular flexibility index (Phi) is 13.4. The molecule has 2 atom stereocenters. The Morgan fingerprint density at radius 3 is 2.49 bits per heavy atom. The molecule has 0 aliphatic rings. The van der Waals surface area contributed by atoms with Crippen LogP contribution in [0.5, 0.6) is 0 Å². The van der Waals surface area contributed by atoms with Crippen LogP contribution in [0.4, 0.5) is 4.79 Å². The van der Waals surface area contributed by atoms with Crippen molar-refractivity contribution in [1.29, 1.82) is 5.41 Å². The number of carboxylic acid groups (broad SMARTS) is 1. The second-order valence-electron chi connectivity index (χ2n) is 8.69. The Morgan fingerprint density at radius 1 is 1.18 bits per heavy atom. The summed E-state index contributed by atoms with van der Waals surface area (Å²) in [5, 5.41) is 27.0. The zero-order chi connectivity index (χ0) is 29.4. The molecular formula is C24H37N9O6. The van der Waals surface area contributed by atoms with Crippen molar-refractivity contribution in [3.8, 4) is 0 Å². The molecule has 1 aromatic carbocycles. The lowest BCUT2D eigenvalue weighted by molar-refractivity contribution is -0.138. The summed E-state index contributed by atoms with van der Waals surface area (Å²) in [4.78, 5) is 65.0. The molecule has 0 radical (unpaired) electrons. The van der Waals surface area contributed by atoms with Gasteiger partial charge in [0.2, 0.25) is 11.8 Å². The van der Waals surface area contributed by atoms with Crippen LogP contribution in [0.25, 0.3) is 0 Å². The van der Waals surface area contributed by atoms with E-state index in [1.54, 1.807) is 31.2 Å². The van der Waals surface area contributed by atoms with E-state index in [0.717, 1.165) is 0 Å². The number of aliphatic imine (C=N–C) groups is 1. The third-order valence-corrected chi connectivity index (χ3v) is 5.52. The van der Waals surface area contributed by atoms with Crippen LogP contribution in [0.2, 0.25) is 0 Å². The number of aldehydes is 1. The average Bonchev–Trinajstić information content (AvgIpc) is 2.87. The number of nitrogens with one attached hydrogen (secondary N) is 5. The van der Waals surface area contributed by atoms with Crippen molar-refractivity contribution in [3.05, 3.63) is 35.4 Å². The standard InChI is InChI=1S/C24H37N9O6/c1-2-29-23(39)33-24(9-8-19(36)37,12-15-5-3-6-16(11-15)20(25)26)21(38)31-13-18(35)32-17(14-34)7-4-10-30-22(27)28/h3,5-6,11,14,17H,2,4,7-10,12-13H2,1H3,(H3,25,26)(H,31,38)(H,32,35)(H,36,37)(H4,27,28,30)(H2,29,33,39). The Labute approximate surface area is 225 Å². The molecule has 0 bridgehead atoms. The maximum atomic E-state index is 13.5. The molecule has 15 heteroatoms. The number of urea groups is 1. The molecule has 0 aliphatic heterocycles. The maximum Gasteiger partial charge on any atom is 0.315 e. The van der Waals surface area contributed by atoms with E-state index in [4.69, 9.17) is 22.6 Å². The van der Waals surface area contributed by atoms with Gasteiger partial charge in [0, 0.05) is 31.5 Å². The molecule has 12 N–H and O–H groups in total. The summed E-state index contributed by atoms with van der Waals surface area (Å²) < 4.78 is 0. The molecule has 0 saturated carbocycles. The van der Waals surface area contributed by atoms with Crippen molar-refractivity contribution in [1.82, 2.24) is 21.3 Å². The van der Waals surface area contributed by atoms with E-state index in [9.17, 15) is 29.1 Å². The van der Waals surface area contributed by atoms with Gasteiger partial charge in [-0.15, -0.1) is 0 Å². The predicted octanol–water partition coefficient (Wildman–Crippen LogP) is -1.71. The fraction of sp³-hybridized carbons (Fsp3) is 0.458. The number of nitrogen functional groups attached to an aromatic ring is 1. The van der Waals surface area contributed by atoms with Crippen LogP contribution in [-0.2, 0) is 25.6 Å². The summed E-state index contributed by atoms with van der Waals surface area (Å²) >= 11 is 0. The minimum atomic E-state index is -1.78. The van der Waals surface area contributed by atoms with E-state index < -0.39 is 48.4 Å². The van der Waals surface area contributed by atoms with Crippen molar-refractivity contribution in [3.63, 3.8) is 0 Å². The van der Waals surface area contributed by atoms with Crippen LogP contribution in [0.3, 0.4) is 0 Å². The Morgan fingerprint density at radius 2 is 1.90 bits per heavy atom. The molecule has 0 fully saturated rings. The molecule has 2 unspecified atom stereocenters. The number of nitrogens with two attached hydrogens (primary N) is 3. The summed E-state index contributed by atoms with van der Waals surface area (Å²) in [5.74, 6) is -2.99. The molecule has 39 heavy (non-hydrogen) atoms.